The number of anilines is 1. The summed E-state index contributed by atoms with van der Waals surface area (Å²) in [6.07, 6.45) is -3.50. The fraction of sp³-hybridized carbons (Fsp3) is 0.303. The number of aliphatic hydroxyl groups is 1. The molecule has 1 aliphatic carbocycles. The summed E-state index contributed by atoms with van der Waals surface area (Å²) in [5, 5.41) is 16.1. The molecule has 1 unspecified atom stereocenters. The number of alkyl halides is 3. The molecule has 11 nitrogen and oxygen atoms in total. The van der Waals surface area contributed by atoms with Crippen molar-refractivity contribution in [3.05, 3.63) is 81.9 Å². The van der Waals surface area contributed by atoms with Gasteiger partial charge in [-0.2, -0.15) is 13.2 Å². The van der Waals surface area contributed by atoms with Crippen LogP contribution in [-0.2, 0) is 20.5 Å². The fourth-order valence-corrected chi connectivity index (χ4v) is 5.53. The van der Waals surface area contributed by atoms with Crippen LogP contribution in [0.2, 0.25) is 5.02 Å². The van der Waals surface area contributed by atoms with Gasteiger partial charge >= 0.3 is 12.3 Å². The molecule has 2 atom stereocenters. The number of primary amides is 1. The molecule has 5 N–H and O–H groups in total. The summed E-state index contributed by atoms with van der Waals surface area (Å²) < 4.78 is 69.5. The molecule has 3 amide bonds. The van der Waals surface area contributed by atoms with Crippen molar-refractivity contribution in [2.75, 3.05) is 18.5 Å². The summed E-state index contributed by atoms with van der Waals surface area (Å²) in [5.41, 5.74) is -0.303. The normalized spacial score (nSPS) is 18.3. The Hall–Kier alpha value is -5.02. The fourth-order valence-electron chi connectivity index (χ4n) is 5.35. The van der Waals surface area contributed by atoms with E-state index >= 15 is 0 Å². The van der Waals surface area contributed by atoms with E-state index in [4.69, 9.17) is 26.8 Å². The van der Waals surface area contributed by atoms with Crippen LogP contribution < -0.4 is 21.1 Å². The van der Waals surface area contributed by atoms with Crippen molar-refractivity contribution in [1.82, 2.24) is 15.3 Å². The topological polar surface area (TPSA) is 166 Å². The molecule has 0 radical (unpaired) electrons. The zero-order chi connectivity index (χ0) is 35.5. The third-order valence-corrected chi connectivity index (χ3v) is 8.71. The van der Waals surface area contributed by atoms with E-state index in [1.165, 1.54) is 31.3 Å². The first-order valence-corrected chi connectivity index (χ1v) is 15.3. The third-order valence-electron chi connectivity index (χ3n) is 8.42. The minimum Gasteiger partial charge on any atom is -0.489 e. The number of pyridine rings is 2. The average molecular weight is 702 g/mol. The maximum absolute atomic E-state index is 14.9. The van der Waals surface area contributed by atoms with Gasteiger partial charge in [-0.3, -0.25) is 19.9 Å². The molecule has 1 aliphatic heterocycles. The third kappa shape index (κ3) is 6.31. The van der Waals surface area contributed by atoms with E-state index in [0.29, 0.717) is 29.3 Å². The standard InChI is InChI=1S/C33H28ClF4N5O6/c1-15-7-17-8-18(10-23(25(17)40-12-15)42-30(46)49-19-4-5-19)28(44)41-13-32(47,33(36,37)38)24-11-20-27(48-14-31(20,2)29(39)45)26(43-24)16-3-6-22(35)21(34)9-16/h3,6-12,19,47H,4-5,13-14H2,1-2H3,(H2,39,45)(H,41,44)(H,42,46)/t31-,32?/m0/s1. The molecule has 0 bridgehead atoms. The number of rotatable bonds is 8. The van der Waals surface area contributed by atoms with Gasteiger partial charge in [-0.1, -0.05) is 11.6 Å². The number of aromatic nitrogens is 2. The Morgan fingerprint density at radius 3 is 2.55 bits per heavy atom. The molecular weight excluding hydrogens is 674 g/mol. The summed E-state index contributed by atoms with van der Waals surface area (Å²) in [4.78, 5) is 46.7. The first-order valence-electron chi connectivity index (χ1n) is 14.9. The predicted octanol–water partition coefficient (Wildman–Crippen LogP) is 5.42. The van der Waals surface area contributed by atoms with Crippen LogP contribution in [0.3, 0.4) is 0 Å². The molecule has 256 valence electrons. The number of ether oxygens (including phenoxy) is 2. The van der Waals surface area contributed by atoms with E-state index in [9.17, 15) is 37.1 Å². The number of fused-ring (bicyclic) bond motifs is 2. The Kier molecular flexibility index (Phi) is 8.39. The zero-order valence-corrected chi connectivity index (χ0v) is 26.6. The number of aryl methyl sites for hydroxylation is 1. The molecule has 1 saturated carbocycles. The Morgan fingerprint density at radius 2 is 1.90 bits per heavy atom. The summed E-state index contributed by atoms with van der Waals surface area (Å²) in [7, 11) is 0. The highest BCUT2D eigenvalue weighted by Crippen LogP contribution is 2.48. The van der Waals surface area contributed by atoms with E-state index in [-0.39, 0.29) is 51.6 Å². The lowest BCUT2D eigenvalue weighted by Gasteiger charge is -2.31. The maximum atomic E-state index is 14.9. The smallest absolute Gasteiger partial charge is 0.424 e. The number of benzene rings is 2. The number of hydrogen-bond donors (Lipinski definition) is 4. The molecule has 6 rings (SSSR count). The Bertz CT molecular complexity index is 2040. The number of nitrogens with one attached hydrogen (secondary N) is 2. The van der Waals surface area contributed by atoms with Crippen molar-refractivity contribution in [3.63, 3.8) is 0 Å². The van der Waals surface area contributed by atoms with Gasteiger partial charge in [0.05, 0.1) is 28.5 Å². The summed E-state index contributed by atoms with van der Waals surface area (Å²) >= 11 is 5.95. The van der Waals surface area contributed by atoms with Crippen LogP contribution in [-0.4, -0.2) is 58.4 Å². The van der Waals surface area contributed by atoms with Crippen molar-refractivity contribution in [1.29, 1.82) is 0 Å². The van der Waals surface area contributed by atoms with E-state index in [0.717, 1.165) is 18.2 Å². The second-order valence-corrected chi connectivity index (χ2v) is 12.6. The molecule has 2 aliphatic rings. The minimum absolute atomic E-state index is 0.0205. The quantitative estimate of drug-likeness (QED) is 0.177. The number of carbonyl (C=O) groups is 3. The van der Waals surface area contributed by atoms with Gasteiger partial charge in [0, 0.05) is 28.3 Å². The molecule has 2 aromatic heterocycles. The number of nitrogens with zero attached hydrogens (tertiary/aromatic N) is 2. The van der Waals surface area contributed by atoms with Crippen LogP contribution in [0.25, 0.3) is 22.2 Å². The number of carbonyl (C=O) groups excluding carboxylic acids is 3. The lowest BCUT2D eigenvalue weighted by Crippen LogP contribution is -2.51. The predicted molar refractivity (Wildman–Crippen MR) is 169 cm³/mol. The van der Waals surface area contributed by atoms with E-state index in [1.54, 1.807) is 13.0 Å². The number of nitrogens with two attached hydrogens (primary N) is 1. The second-order valence-electron chi connectivity index (χ2n) is 12.2. The molecule has 3 heterocycles. The summed E-state index contributed by atoms with van der Waals surface area (Å²) in [5.74, 6) is -2.89. The monoisotopic (exact) mass is 701 g/mol. The first kappa shape index (κ1) is 33.9. The maximum Gasteiger partial charge on any atom is 0.424 e. The molecule has 49 heavy (non-hydrogen) atoms. The van der Waals surface area contributed by atoms with Crippen molar-refractivity contribution in [3.8, 4) is 17.0 Å². The van der Waals surface area contributed by atoms with Crippen molar-refractivity contribution in [2.24, 2.45) is 5.73 Å². The van der Waals surface area contributed by atoms with E-state index in [1.807, 2.05) is 0 Å². The van der Waals surface area contributed by atoms with Crippen molar-refractivity contribution < 1.29 is 46.5 Å². The van der Waals surface area contributed by atoms with Crippen LogP contribution in [0, 0.1) is 12.7 Å². The van der Waals surface area contributed by atoms with Gasteiger partial charge < -0.3 is 25.6 Å². The Balaban J connectivity index is 1.39. The minimum atomic E-state index is -5.44. The van der Waals surface area contributed by atoms with Gasteiger partial charge in [0.2, 0.25) is 11.5 Å². The van der Waals surface area contributed by atoms with Crippen LogP contribution in [0.15, 0.2) is 48.7 Å². The van der Waals surface area contributed by atoms with Crippen molar-refractivity contribution >= 4 is 46.1 Å². The number of hydrogen-bond acceptors (Lipinski definition) is 8. The van der Waals surface area contributed by atoms with E-state index in [2.05, 4.69) is 20.6 Å². The van der Waals surface area contributed by atoms with Gasteiger partial charge in [-0.15, -0.1) is 0 Å². The van der Waals surface area contributed by atoms with Crippen LogP contribution in [0.4, 0.5) is 28.0 Å². The second kappa shape index (κ2) is 12.1. The van der Waals surface area contributed by atoms with E-state index < -0.39 is 53.2 Å². The van der Waals surface area contributed by atoms with Gasteiger partial charge in [-0.25, -0.2) is 14.2 Å². The highest BCUT2D eigenvalue weighted by molar-refractivity contribution is 6.31. The SMILES string of the molecule is Cc1cnc2c(NC(=O)OC3CC3)cc(C(=O)NCC(O)(c3cc4c(c(-c5ccc(F)c(Cl)c5)n3)OC[C@]4(C)C(N)=O)C(F)(F)F)cc2c1. The van der Waals surface area contributed by atoms with Gasteiger partial charge in [0.25, 0.3) is 5.91 Å². The molecule has 4 aromatic rings. The summed E-state index contributed by atoms with van der Waals surface area (Å²) in [6, 6.07) is 8.36. The molecule has 1 fully saturated rings. The van der Waals surface area contributed by atoms with Crippen LogP contribution in [0.1, 0.15) is 46.9 Å². The largest absolute Gasteiger partial charge is 0.489 e. The zero-order valence-electron chi connectivity index (χ0n) is 25.9. The number of amides is 3. The Morgan fingerprint density at radius 1 is 1.16 bits per heavy atom. The lowest BCUT2D eigenvalue weighted by atomic mass is 9.81. The van der Waals surface area contributed by atoms with Gasteiger partial charge in [0.1, 0.15) is 35.4 Å². The average Bonchev–Trinajstić information content (AvgIpc) is 3.78. The number of halogens is 5. The molecule has 2 aromatic carbocycles. The highest BCUT2D eigenvalue weighted by atomic mass is 35.5. The van der Waals surface area contributed by atoms with Gasteiger partial charge in [0.15, 0.2) is 0 Å². The van der Waals surface area contributed by atoms with Crippen LogP contribution >= 0.6 is 11.6 Å². The lowest BCUT2D eigenvalue weighted by molar-refractivity contribution is -0.265. The Labute approximate surface area is 280 Å². The highest BCUT2D eigenvalue weighted by Gasteiger charge is 2.57. The van der Waals surface area contributed by atoms with Crippen molar-refractivity contribution in [2.45, 2.75) is 50.0 Å². The molecule has 16 heteroatoms. The molecular formula is C33H28ClF4N5O6. The van der Waals surface area contributed by atoms with Gasteiger partial charge in [-0.05, 0) is 74.7 Å². The first-order chi connectivity index (χ1) is 23.0. The molecule has 0 spiro atoms. The summed E-state index contributed by atoms with van der Waals surface area (Å²) in [6.45, 7) is 1.30. The molecule has 0 saturated heterocycles. The van der Waals surface area contributed by atoms with Crippen LogP contribution in [0.5, 0.6) is 5.75 Å².